The number of unbranched alkanes of at least 4 members (excludes halogenated alkanes) is 7. The number of hydrogen-bond donors (Lipinski definition) is 8. The molecule has 0 aromatic carbocycles. The lowest BCUT2D eigenvalue weighted by atomic mass is 9.84. The standard InChI is InChI=1S/C28H52O12/c1-3-4-9-12-16(2)13-10-7-5-6-8-11-14-18(30)39-26-23(35)21(33)22(34)24(36)27(26)40-28-25(37)20(32)19(31)17(15-29)38-28/h16-17,19-29,31-37H,3-15H2,1-2H3/t16-,17-,19-,20+,21+,22+,23-,24-,25-,26-,27-,28+/m1/s1. The van der Waals surface area contributed by atoms with Gasteiger partial charge in [-0.25, -0.2) is 0 Å². The largest absolute Gasteiger partial charge is 0.457 e. The van der Waals surface area contributed by atoms with Crippen molar-refractivity contribution in [2.24, 2.45) is 5.92 Å². The van der Waals surface area contributed by atoms with Crippen molar-refractivity contribution in [2.45, 2.75) is 158 Å². The van der Waals surface area contributed by atoms with Gasteiger partial charge in [0.2, 0.25) is 0 Å². The summed E-state index contributed by atoms with van der Waals surface area (Å²) in [4.78, 5) is 12.6. The first-order valence-electron chi connectivity index (χ1n) is 14.9. The van der Waals surface area contributed by atoms with Gasteiger partial charge in [-0.3, -0.25) is 4.79 Å². The highest BCUT2D eigenvalue weighted by atomic mass is 16.7. The van der Waals surface area contributed by atoms with Crippen molar-refractivity contribution in [3.05, 3.63) is 0 Å². The van der Waals surface area contributed by atoms with Crippen molar-refractivity contribution in [3.8, 4) is 0 Å². The van der Waals surface area contributed by atoms with Gasteiger partial charge in [-0.15, -0.1) is 0 Å². The van der Waals surface area contributed by atoms with E-state index in [9.17, 15) is 45.6 Å². The third-order valence-electron chi connectivity index (χ3n) is 8.08. The van der Waals surface area contributed by atoms with Crippen molar-refractivity contribution in [3.63, 3.8) is 0 Å². The molecule has 12 nitrogen and oxygen atoms in total. The summed E-state index contributed by atoms with van der Waals surface area (Å²) in [6.07, 6.45) is -6.88. The summed E-state index contributed by atoms with van der Waals surface area (Å²) in [6, 6.07) is 0. The molecule has 2 rings (SSSR count). The summed E-state index contributed by atoms with van der Waals surface area (Å²) in [6.45, 7) is 3.80. The molecule has 0 aromatic rings. The highest BCUT2D eigenvalue weighted by molar-refractivity contribution is 5.69. The number of aliphatic hydroxyl groups is 8. The quantitative estimate of drug-likeness (QED) is 0.0837. The first-order chi connectivity index (χ1) is 19.0. The molecule has 1 saturated carbocycles. The molecule has 12 heteroatoms. The van der Waals surface area contributed by atoms with Crippen LogP contribution in [-0.2, 0) is 19.0 Å². The maximum absolute atomic E-state index is 12.6. The molecular weight excluding hydrogens is 528 g/mol. The maximum atomic E-state index is 12.6. The predicted octanol–water partition coefficient (Wildman–Crippen LogP) is -0.122. The van der Waals surface area contributed by atoms with Gasteiger partial charge in [0, 0.05) is 6.42 Å². The number of carbonyl (C=O) groups is 1. The topological polar surface area (TPSA) is 207 Å². The van der Waals surface area contributed by atoms with Gasteiger partial charge < -0.3 is 55.1 Å². The lowest BCUT2D eigenvalue weighted by Gasteiger charge is -2.46. The molecular formula is C28H52O12. The highest BCUT2D eigenvalue weighted by Crippen LogP contribution is 2.31. The zero-order chi connectivity index (χ0) is 29.8. The molecule has 236 valence electrons. The Kier molecular flexibility index (Phi) is 15.8. The van der Waals surface area contributed by atoms with Gasteiger partial charge in [0.25, 0.3) is 0 Å². The van der Waals surface area contributed by atoms with E-state index < -0.39 is 79.9 Å². The lowest BCUT2D eigenvalue weighted by molar-refractivity contribution is -0.340. The molecule has 40 heavy (non-hydrogen) atoms. The monoisotopic (exact) mass is 580 g/mol. The fourth-order valence-corrected chi connectivity index (χ4v) is 5.38. The fourth-order valence-electron chi connectivity index (χ4n) is 5.38. The summed E-state index contributed by atoms with van der Waals surface area (Å²) >= 11 is 0. The van der Waals surface area contributed by atoms with E-state index in [-0.39, 0.29) is 6.42 Å². The van der Waals surface area contributed by atoms with Crippen LogP contribution in [-0.4, -0.2) is 121 Å². The van der Waals surface area contributed by atoms with E-state index in [0.29, 0.717) is 6.42 Å². The van der Waals surface area contributed by atoms with Gasteiger partial charge in [-0.2, -0.15) is 0 Å². The van der Waals surface area contributed by atoms with Crippen molar-refractivity contribution < 1.29 is 59.9 Å². The van der Waals surface area contributed by atoms with Crippen molar-refractivity contribution in [1.29, 1.82) is 0 Å². The van der Waals surface area contributed by atoms with Gasteiger partial charge in [-0.1, -0.05) is 78.1 Å². The van der Waals surface area contributed by atoms with Crippen LogP contribution in [0.25, 0.3) is 0 Å². The second kappa shape index (κ2) is 17.9. The molecule has 0 spiro atoms. The van der Waals surface area contributed by atoms with Crippen molar-refractivity contribution in [1.82, 2.24) is 0 Å². The van der Waals surface area contributed by atoms with Crippen LogP contribution in [0.4, 0.5) is 0 Å². The number of rotatable bonds is 17. The number of esters is 1. The SMILES string of the molecule is CCCCC[C@@H](C)CCCCCCCCC(=O)O[C@@H]1[C@H](O)[C@@H](O)[C@H](O)[C@@H](O)[C@H]1O[C@@H]1O[C@H](CO)[C@@H](O)[C@H](O)[C@H]1O. The Morgan fingerprint density at radius 1 is 0.700 bits per heavy atom. The summed E-state index contributed by atoms with van der Waals surface area (Å²) in [7, 11) is 0. The van der Waals surface area contributed by atoms with Crippen LogP contribution in [0, 0.1) is 5.92 Å². The average Bonchev–Trinajstić information content (AvgIpc) is 2.94. The third kappa shape index (κ3) is 10.1. The Balaban J connectivity index is 1.82. The predicted molar refractivity (Wildman–Crippen MR) is 143 cm³/mol. The summed E-state index contributed by atoms with van der Waals surface area (Å²) in [5.41, 5.74) is 0. The highest BCUT2D eigenvalue weighted by Gasteiger charge is 2.54. The summed E-state index contributed by atoms with van der Waals surface area (Å²) in [5, 5.41) is 81.0. The zero-order valence-corrected chi connectivity index (χ0v) is 23.8. The smallest absolute Gasteiger partial charge is 0.306 e. The number of aliphatic hydroxyl groups excluding tert-OH is 8. The van der Waals surface area contributed by atoms with Crippen molar-refractivity contribution >= 4 is 5.97 Å². The minimum absolute atomic E-state index is 0.0270. The molecule has 0 aromatic heterocycles. The van der Waals surface area contributed by atoms with Gasteiger partial charge in [0.15, 0.2) is 12.4 Å². The first kappa shape index (κ1) is 35.3. The van der Waals surface area contributed by atoms with Crippen LogP contribution in [0.15, 0.2) is 0 Å². The Morgan fingerprint density at radius 3 is 1.82 bits per heavy atom. The van der Waals surface area contributed by atoms with Gasteiger partial charge in [0.1, 0.15) is 54.9 Å². The van der Waals surface area contributed by atoms with E-state index in [1.54, 1.807) is 0 Å². The van der Waals surface area contributed by atoms with E-state index in [0.717, 1.165) is 31.6 Å². The molecule has 1 aliphatic heterocycles. The average molecular weight is 581 g/mol. The molecule has 8 N–H and O–H groups in total. The molecule has 12 atom stereocenters. The minimum atomic E-state index is -1.88. The van der Waals surface area contributed by atoms with E-state index in [1.807, 2.05) is 0 Å². The molecule has 0 bridgehead atoms. The van der Waals surface area contributed by atoms with Gasteiger partial charge >= 0.3 is 5.97 Å². The Labute approximate surface area is 236 Å². The second-order valence-corrected chi connectivity index (χ2v) is 11.5. The minimum Gasteiger partial charge on any atom is -0.457 e. The maximum Gasteiger partial charge on any atom is 0.306 e. The molecule has 1 heterocycles. The Bertz CT molecular complexity index is 709. The first-order valence-corrected chi connectivity index (χ1v) is 14.9. The summed E-state index contributed by atoms with van der Waals surface area (Å²) < 4.78 is 16.2. The fraction of sp³-hybridized carbons (Fsp3) is 0.964. The molecule has 1 aliphatic carbocycles. The Morgan fingerprint density at radius 2 is 1.23 bits per heavy atom. The van der Waals surface area contributed by atoms with Gasteiger partial charge in [-0.05, 0) is 12.3 Å². The van der Waals surface area contributed by atoms with Crippen molar-refractivity contribution in [2.75, 3.05) is 6.61 Å². The lowest BCUT2D eigenvalue weighted by Crippen LogP contribution is -2.67. The number of carbonyl (C=O) groups excluding carboxylic acids is 1. The van der Waals surface area contributed by atoms with Crippen LogP contribution in [0.1, 0.15) is 90.9 Å². The molecule has 0 unspecified atom stereocenters. The molecule has 2 fully saturated rings. The zero-order valence-electron chi connectivity index (χ0n) is 23.8. The molecule has 2 aliphatic rings. The van der Waals surface area contributed by atoms with Gasteiger partial charge in [0.05, 0.1) is 6.61 Å². The summed E-state index contributed by atoms with van der Waals surface area (Å²) in [5.74, 6) is 0.0475. The second-order valence-electron chi connectivity index (χ2n) is 11.5. The van der Waals surface area contributed by atoms with E-state index >= 15 is 0 Å². The Hall–Kier alpha value is -0.930. The van der Waals surface area contributed by atoms with E-state index in [2.05, 4.69) is 13.8 Å². The van der Waals surface area contributed by atoms with Crippen LogP contribution in [0.2, 0.25) is 0 Å². The third-order valence-corrected chi connectivity index (χ3v) is 8.08. The van der Waals surface area contributed by atoms with Crippen LogP contribution < -0.4 is 0 Å². The molecule has 1 saturated heterocycles. The van der Waals surface area contributed by atoms with E-state index in [1.165, 1.54) is 38.5 Å². The van der Waals surface area contributed by atoms with Crippen LogP contribution in [0.5, 0.6) is 0 Å². The molecule has 0 radical (unpaired) electrons. The van der Waals surface area contributed by atoms with Crippen LogP contribution >= 0.6 is 0 Å². The number of ether oxygens (including phenoxy) is 3. The number of hydrogen-bond acceptors (Lipinski definition) is 12. The van der Waals surface area contributed by atoms with E-state index in [4.69, 9.17) is 14.2 Å². The van der Waals surface area contributed by atoms with Crippen LogP contribution in [0.3, 0.4) is 0 Å². The molecule has 0 amide bonds. The normalized spacial score (nSPS) is 37.3.